The van der Waals surface area contributed by atoms with Crippen LogP contribution in [0.3, 0.4) is 0 Å². The minimum Gasteiger partial charge on any atom is -0.497 e. The molecular formula is C22H24N2O4S. The molecule has 0 spiro atoms. The first-order valence-corrected chi connectivity index (χ1v) is 10.8. The highest BCUT2D eigenvalue weighted by atomic mass is 32.2. The number of nitrogens with one attached hydrogen (secondary N) is 1. The van der Waals surface area contributed by atoms with Gasteiger partial charge in [0.25, 0.3) is 0 Å². The van der Waals surface area contributed by atoms with Crippen LogP contribution in [-0.4, -0.2) is 34.5 Å². The third-order valence-electron chi connectivity index (χ3n) is 4.40. The van der Waals surface area contributed by atoms with E-state index >= 15 is 0 Å². The van der Waals surface area contributed by atoms with Crippen LogP contribution in [0.5, 0.6) is 5.75 Å². The zero-order valence-electron chi connectivity index (χ0n) is 16.5. The fourth-order valence-corrected chi connectivity index (χ4v) is 3.88. The van der Waals surface area contributed by atoms with Crippen molar-refractivity contribution in [2.24, 2.45) is 0 Å². The number of methoxy groups -OCH3 is 1. The number of rotatable bonds is 9. The van der Waals surface area contributed by atoms with Crippen molar-refractivity contribution in [1.82, 2.24) is 10.3 Å². The van der Waals surface area contributed by atoms with E-state index in [1.807, 2.05) is 54.6 Å². The minimum absolute atomic E-state index is 0.0566. The van der Waals surface area contributed by atoms with E-state index in [0.717, 1.165) is 23.3 Å². The second-order valence-corrected chi connectivity index (χ2v) is 8.02. The molecule has 6 nitrogen and oxygen atoms in total. The van der Waals surface area contributed by atoms with Crippen LogP contribution in [-0.2, 0) is 27.8 Å². The van der Waals surface area contributed by atoms with Gasteiger partial charge >= 0.3 is 0 Å². The van der Waals surface area contributed by atoms with Crippen LogP contribution in [0, 0.1) is 6.92 Å². The van der Waals surface area contributed by atoms with E-state index in [1.54, 1.807) is 14.0 Å². The average Bonchev–Trinajstić information content (AvgIpc) is 3.09. The Morgan fingerprint density at radius 2 is 1.86 bits per heavy atom. The molecule has 0 aliphatic rings. The maximum atomic E-state index is 12.4. The van der Waals surface area contributed by atoms with Crippen molar-refractivity contribution in [3.05, 3.63) is 71.6 Å². The lowest BCUT2D eigenvalue weighted by Gasteiger charge is -2.05. The molecule has 1 amide bonds. The Bertz CT molecular complexity index is 968. The number of hydrogen-bond donors (Lipinski definition) is 1. The number of ether oxygens (including phenoxy) is 1. The van der Waals surface area contributed by atoms with Crippen LogP contribution in [0.15, 0.2) is 59.0 Å². The first-order chi connectivity index (χ1) is 14.0. The Labute approximate surface area is 172 Å². The van der Waals surface area contributed by atoms with Crippen LogP contribution < -0.4 is 10.1 Å². The second kappa shape index (κ2) is 10.0. The lowest BCUT2D eigenvalue weighted by atomic mass is 10.1. The average molecular weight is 413 g/mol. The van der Waals surface area contributed by atoms with Crippen molar-refractivity contribution in [1.29, 1.82) is 0 Å². The summed E-state index contributed by atoms with van der Waals surface area (Å²) >= 11 is 0. The molecule has 3 rings (SSSR count). The van der Waals surface area contributed by atoms with Crippen molar-refractivity contribution >= 4 is 16.7 Å². The number of nitrogens with zero attached hydrogens (tertiary/aromatic N) is 1. The van der Waals surface area contributed by atoms with E-state index in [0.29, 0.717) is 23.9 Å². The van der Waals surface area contributed by atoms with Gasteiger partial charge < -0.3 is 14.5 Å². The van der Waals surface area contributed by atoms with Crippen molar-refractivity contribution in [2.75, 3.05) is 19.4 Å². The number of aromatic nitrogens is 1. The molecule has 0 fully saturated rings. The highest BCUT2D eigenvalue weighted by molar-refractivity contribution is 7.84. The van der Waals surface area contributed by atoms with Crippen LogP contribution >= 0.6 is 0 Å². The molecule has 7 heteroatoms. The second-order valence-electron chi connectivity index (χ2n) is 6.56. The molecule has 29 heavy (non-hydrogen) atoms. The summed E-state index contributed by atoms with van der Waals surface area (Å²) < 4.78 is 23.2. The first-order valence-electron chi connectivity index (χ1n) is 9.31. The zero-order valence-corrected chi connectivity index (χ0v) is 17.3. The Hall–Kier alpha value is -2.93. The van der Waals surface area contributed by atoms with Gasteiger partial charge in [-0.2, -0.15) is 0 Å². The monoisotopic (exact) mass is 412 g/mol. The summed E-state index contributed by atoms with van der Waals surface area (Å²) in [5.74, 6) is 1.71. The molecule has 2 aromatic carbocycles. The van der Waals surface area contributed by atoms with Gasteiger partial charge in [-0.3, -0.25) is 9.00 Å². The van der Waals surface area contributed by atoms with Crippen molar-refractivity contribution in [2.45, 2.75) is 19.1 Å². The summed E-state index contributed by atoms with van der Waals surface area (Å²) in [6.45, 7) is 2.30. The van der Waals surface area contributed by atoms with Crippen LogP contribution in [0.1, 0.15) is 17.0 Å². The Balaban J connectivity index is 1.50. The number of aryl methyl sites for hydroxylation is 1. The van der Waals surface area contributed by atoms with E-state index in [1.165, 1.54) is 0 Å². The minimum atomic E-state index is -1.36. The van der Waals surface area contributed by atoms with Gasteiger partial charge in [0, 0.05) is 22.9 Å². The van der Waals surface area contributed by atoms with E-state index in [9.17, 15) is 9.00 Å². The number of carbonyl (C=O) groups is 1. The number of amides is 1. The fraction of sp³-hybridized carbons (Fsp3) is 0.273. The quantitative estimate of drug-likeness (QED) is 0.583. The lowest BCUT2D eigenvalue weighted by Crippen LogP contribution is -2.30. The summed E-state index contributed by atoms with van der Waals surface area (Å²) in [7, 11) is 0.245. The highest BCUT2D eigenvalue weighted by Crippen LogP contribution is 2.24. The van der Waals surface area contributed by atoms with Crippen LogP contribution in [0.2, 0.25) is 0 Å². The van der Waals surface area contributed by atoms with Gasteiger partial charge in [-0.05, 0) is 43.2 Å². The maximum absolute atomic E-state index is 12.4. The maximum Gasteiger partial charge on any atom is 0.232 e. The molecule has 152 valence electrons. The van der Waals surface area contributed by atoms with Crippen LogP contribution in [0.25, 0.3) is 11.5 Å². The largest absolute Gasteiger partial charge is 0.497 e. The van der Waals surface area contributed by atoms with Gasteiger partial charge in [0.2, 0.25) is 11.8 Å². The predicted octanol–water partition coefficient (Wildman–Crippen LogP) is 3.27. The van der Waals surface area contributed by atoms with Crippen molar-refractivity contribution in [3.8, 4) is 17.2 Å². The van der Waals surface area contributed by atoms with Crippen molar-refractivity contribution in [3.63, 3.8) is 0 Å². The van der Waals surface area contributed by atoms with Gasteiger partial charge in [0.05, 0.1) is 18.6 Å². The summed E-state index contributed by atoms with van der Waals surface area (Å²) in [5, 5.41) is 2.82. The summed E-state index contributed by atoms with van der Waals surface area (Å²) in [5.41, 5.74) is 2.56. The summed E-state index contributed by atoms with van der Waals surface area (Å²) in [4.78, 5) is 16.5. The molecule has 0 radical (unpaired) electrons. The number of hydrogen-bond acceptors (Lipinski definition) is 5. The topological polar surface area (TPSA) is 81.4 Å². The Kier molecular flexibility index (Phi) is 7.19. The summed E-state index contributed by atoms with van der Waals surface area (Å²) in [6.07, 6.45) is 0.743. The molecule has 1 heterocycles. The molecule has 0 saturated carbocycles. The summed E-state index contributed by atoms with van der Waals surface area (Å²) in [6, 6.07) is 17.3. The molecule has 1 atom stereocenters. The normalized spacial score (nSPS) is 11.8. The van der Waals surface area contributed by atoms with Crippen molar-refractivity contribution < 1.29 is 18.2 Å². The number of oxazole rings is 1. The molecule has 3 aromatic rings. The van der Waals surface area contributed by atoms with Gasteiger partial charge in [-0.25, -0.2) is 4.98 Å². The molecule has 0 bridgehead atoms. The van der Waals surface area contributed by atoms with Gasteiger partial charge in [-0.15, -0.1) is 0 Å². The lowest BCUT2D eigenvalue weighted by molar-refractivity contribution is -0.118. The number of benzene rings is 2. The zero-order chi connectivity index (χ0) is 20.6. The molecule has 0 aliphatic heterocycles. The van der Waals surface area contributed by atoms with E-state index in [4.69, 9.17) is 9.15 Å². The van der Waals surface area contributed by atoms with E-state index in [2.05, 4.69) is 10.3 Å². The van der Waals surface area contributed by atoms with Crippen LogP contribution in [0.4, 0.5) is 0 Å². The first kappa shape index (κ1) is 20.8. The predicted molar refractivity (Wildman–Crippen MR) is 113 cm³/mol. The number of carbonyl (C=O) groups excluding carboxylic acids is 1. The SMILES string of the molecule is COc1ccc(-c2nc(CS(=O)CC(=O)NCCc3ccccc3)c(C)o2)cc1. The smallest absolute Gasteiger partial charge is 0.232 e. The van der Waals surface area contributed by atoms with E-state index < -0.39 is 10.8 Å². The molecule has 1 N–H and O–H groups in total. The highest BCUT2D eigenvalue weighted by Gasteiger charge is 2.16. The fourth-order valence-electron chi connectivity index (χ4n) is 2.81. The molecule has 1 unspecified atom stereocenters. The van der Waals surface area contributed by atoms with E-state index in [-0.39, 0.29) is 17.4 Å². The standard InChI is InChI=1S/C22H24N2O4S/c1-16-20(24-22(28-16)18-8-10-19(27-2)11-9-18)14-29(26)15-21(25)23-13-12-17-6-4-3-5-7-17/h3-11H,12-15H2,1-2H3,(H,23,25). The molecule has 1 aromatic heterocycles. The molecule has 0 saturated heterocycles. The Morgan fingerprint density at radius 1 is 1.14 bits per heavy atom. The van der Waals surface area contributed by atoms with Gasteiger partial charge in [0.1, 0.15) is 17.3 Å². The molecule has 0 aliphatic carbocycles. The third kappa shape index (κ3) is 6.02. The van der Waals surface area contributed by atoms with Gasteiger partial charge in [-0.1, -0.05) is 30.3 Å². The molecular weight excluding hydrogens is 388 g/mol. The third-order valence-corrected chi connectivity index (χ3v) is 5.58. The van der Waals surface area contributed by atoms with Gasteiger partial charge in [0.15, 0.2) is 0 Å². The Morgan fingerprint density at radius 3 is 2.55 bits per heavy atom.